The monoisotopic (exact) mass is 877 g/mol. The van der Waals surface area contributed by atoms with Gasteiger partial charge in [-0.2, -0.15) is 5.10 Å². The molecular formula is C46H59N11O5S. The SMILES string of the molecule is Cc1ncsc1-c1ccc([C@H](C)NC(=O)[C@@H]2C[C@@H](O)CN2C(=O)[C@@H](NC(=O)CCN2CCN(CCCn3cc(-c4cc(-c5ccccc5O)nnc4N)cn3)CC2)C(C)(C)C)cc1. The number of hydrogen-bond acceptors (Lipinski definition) is 13. The number of β-amino-alcohol motifs (C(OH)–C–C–N with tert-alkyl or cyclic N) is 1. The highest BCUT2D eigenvalue weighted by molar-refractivity contribution is 7.13. The molecule has 5 heterocycles. The second kappa shape index (κ2) is 19.7. The Morgan fingerprint density at radius 3 is 2.33 bits per heavy atom. The van der Waals surface area contributed by atoms with Gasteiger partial charge in [0, 0.05) is 81.5 Å². The van der Waals surface area contributed by atoms with Crippen molar-refractivity contribution in [1.29, 1.82) is 0 Å². The van der Waals surface area contributed by atoms with Crippen LogP contribution in [0.4, 0.5) is 5.82 Å². The first-order valence-electron chi connectivity index (χ1n) is 21.6. The van der Waals surface area contributed by atoms with Crippen molar-refractivity contribution < 1.29 is 24.6 Å². The number of nitrogens with zero attached hydrogens (tertiary/aromatic N) is 8. The average molecular weight is 878 g/mol. The number of aromatic hydroxyl groups is 1. The quantitative estimate of drug-likeness (QED) is 0.0986. The van der Waals surface area contributed by atoms with E-state index in [1.54, 1.807) is 35.7 Å². The summed E-state index contributed by atoms with van der Waals surface area (Å²) in [5.74, 6) is -0.533. The van der Waals surface area contributed by atoms with Gasteiger partial charge in [0.25, 0.3) is 0 Å². The summed E-state index contributed by atoms with van der Waals surface area (Å²) in [7, 11) is 0. The number of amides is 3. The number of rotatable bonds is 15. The van der Waals surface area contributed by atoms with Crippen LogP contribution >= 0.6 is 11.3 Å². The molecule has 0 spiro atoms. The van der Waals surface area contributed by atoms with Crippen molar-refractivity contribution >= 4 is 34.9 Å². The summed E-state index contributed by atoms with van der Waals surface area (Å²) < 4.78 is 1.90. The molecule has 17 heteroatoms. The minimum atomic E-state index is -0.881. The molecule has 2 aromatic carbocycles. The van der Waals surface area contributed by atoms with Crippen molar-refractivity contribution in [1.82, 2.24) is 50.3 Å². The lowest BCUT2D eigenvalue weighted by molar-refractivity contribution is -0.144. The van der Waals surface area contributed by atoms with Crippen molar-refractivity contribution in [2.24, 2.45) is 5.41 Å². The zero-order valence-corrected chi connectivity index (χ0v) is 37.5. The number of aromatic nitrogens is 5. The molecule has 3 aromatic heterocycles. The molecule has 63 heavy (non-hydrogen) atoms. The highest BCUT2D eigenvalue weighted by Gasteiger charge is 2.44. The van der Waals surface area contributed by atoms with Gasteiger partial charge in [0.1, 0.15) is 17.8 Å². The number of nitrogens with one attached hydrogen (secondary N) is 2. The third kappa shape index (κ3) is 11.1. The molecule has 5 aromatic rings. The Morgan fingerprint density at radius 1 is 0.937 bits per heavy atom. The van der Waals surface area contributed by atoms with Gasteiger partial charge >= 0.3 is 0 Å². The minimum absolute atomic E-state index is 0.0189. The number of phenols is 1. The number of piperazine rings is 1. The molecule has 3 amide bonds. The number of likely N-dealkylation sites (tertiary alicyclic amines) is 1. The van der Waals surface area contributed by atoms with Crippen molar-refractivity contribution in [3.8, 4) is 38.6 Å². The van der Waals surface area contributed by atoms with E-state index in [4.69, 9.17) is 5.73 Å². The number of aliphatic hydroxyl groups is 1. The number of aryl methyl sites for hydroxylation is 2. The average Bonchev–Trinajstić information content (AvgIpc) is 4.02. The van der Waals surface area contributed by atoms with Gasteiger partial charge in [-0.25, -0.2) is 4.98 Å². The Bertz CT molecular complexity index is 2370. The van der Waals surface area contributed by atoms with E-state index < -0.39 is 23.6 Å². The number of hydrogen-bond donors (Lipinski definition) is 5. The fraction of sp³-hybridized carbons (Fsp3) is 0.457. The normalized spacial score (nSPS) is 18.3. The molecule has 0 unspecified atom stereocenters. The van der Waals surface area contributed by atoms with Crippen LogP contribution in [0.2, 0.25) is 0 Å². The number of phenolic OH excluding ortho intramolecular Hbond substituents is 1. The number of nitrogen functional groups attached to an aromatic ring is 1. The second-order valence-electron chi connectivity index (χ2n) is 17.7. The lowest BCUT2D eigenvalue weighted by atomic mass is 9.85. The highest BCUT2D eigenvalue weighted by atomic mass is 32.1. The molecular weight excluding hydrogens is 819 g/mol. The van der Waals surface area contributed by atoms with Gasteiger partial charge in [0.15, 0.2) is 5.82 Å². The van der Waals surface area contributed by atoms with Crippen molar-refractivity contribution in [2.45, 2.75) is 84.7 Å². The summed E-state index contributed by atoms with van der Waals surface area (Å²) in [4.78, 5) is 52.8. The number of carbonyl (C=O) groups is 3. The van der Waals surface area contributed by atoms with Crippen LogP contribution in [0.5, 0.6) is 5.75 Å². The molecule has 7 rings (SSSR count). The summed E-state index contributed by atoms with van der Waals surface area (Å²) in [5, 5.41) is 39.9. The molecule has 2 fully saturated rings. The standard InChI is InChI=1S/C46H59N11O5S/c1-29(31-11-13-32(14-12-31)41-30(2)48-28-63-41)50-44(61)38-23-34(58)27-57(38)45(62)42(46(3,4)5)51-40(60)15-18-55-21-19-54(20-22-55)16-8-17-56-26-33(25-49-56)36-24-37(52-53-43(36)47)35-9-6-7-10-39(35)59/h6-7,9-14,24-26,28-29,34,38,42,58-59H,8,15-23,27H2,1-5H3,(H2,47,53)(H,50,61)(H,51,60)/t29-,34+,38-,42+/m0/s1. The third-order valence-corrected chi connectivity index (χ3v) is 13.0. The van der Waals surface area contributed by atoms with Crippen molar-refractivity contribution in [3.05, 3.63) is 83.8 Å². The van der Waals surface area contributed by atoms with Crippen LogP contribution < -0.4 is 16.4 Å². The van der Waals surface area contributed by atoms with E-state index in [0.717, 1.165) is 73.0 Å². The number of carbonyl (C=O) groups excluding carboxylic acids is 3. The first-order valence-corrected chi connectivity index (χ1v) is 22.5. The number of nitrogens with two attached hydrogens (primary N) is 1. The molecule has 16 nitrogen and oxygen atoms in total. The fourth-order valence-corrected chi connectivity index (χ4v) is 9.09. The predicted molar refractivity (Wildman–Crippen MR) is 243 cm³/mol. The van der Waals surface area contributed by atoms with Gasteiger partial charge in [-0.15, -0.1) is 21.5 Å². The summed E-state index contributed by atoms with van der Waals surface area (Å²) >= 11 is 1.58. The van der Waals surface area contributed by atoms with Gasteiger partial charge in [-0.1, -0.05) is 57.2 Å². The number of para-hydroxylation sites is 1. The van der Waals surface area contributed by atoms with E-state index in [2.05, 4.69) is 40.7 Å². The van der Waals surface area contributed by atoms with Crippen LogP contribution in [0.3, 0.4) is 0 Å². The molecule has 0 radical (unpaired) electrons. The van der Waals surface area contributed by atoms with Crippen LogP contribution in [-0.4, -0.2) is 132 Å². The Labute approximate surface area is 372 Å². The van der Waals surface area contributed by atoms with Gasteiger partial charge in [-0.3, -0.25) is 19.1 Å². The summed E-state index contributed by atoms with van der Waals surface area (Å²) in [6.07, 6.45) is 4.11. The molecule has 0 aliphatic carbocycles. The lowest BCUT2D eigenvalue weighted by Crippen LogP contribution is -2.58. The Morgan fingerprint density at radius 2 is 1.65 bits per heavy atom. The first-order chi connectivity index (χ1) is 30.1. The number of benzene rings is 2. The van der Waals surface area contributed by atoms with E-state index >= 15 is 0 Å². The zero-order chi connectivity index (χ0) is 44.8. The minimum Gasteiger partial charge on any atom is -0.507 e. The Hall–Kier alpha value is -5.75. The Balaban J connectivity index is 0.851. The maximum Gasteiger partial charge on any atom is 0.246 e. The molecule has 0 saturated carbocycles. The zero-order valence-electron chi connectivity index (χ0n) is 36.7. The topological polar surface area (TPSA) is 208 Å². The smallest absolute Gasteiger partial charge is 0.246 e. The van der Waals surface area contributed by atoms with E-state index in [1.807, 2.05) is 87.4 Å². The van der Waals surface area contributed by atoms with Gasteiger partial charge < -0.3 is 41.3 Å². The number of aliphatic hydroxyl groups excluding tert-OH is 1. The van der Waals surface area contributed by atoms with Crippen LogP contribution in [0, 0.1) is 12.3 Å². The highest BCUT2D eigenvalue weighted by Crippen LogP contribution is 2.33. The third-order valence-electron chi connectivity index (χ3n) is 12.0. The molecule has 2 saturated heterocycles. The van der Waals surface area contributed by atoms with Crippen molar-refractivity contribution in [2.75, 3.05) is 51.5 Å². The summed E-state index contributed by atoms with van der Waals surface area (Å²) in [5.41, 5.74) is 12.9. The van der Waals surface area contributed by atoms with Gasteiger partial charge in [-0.05, 0) is 61.6 Å². The largest absolute Gasteiger partial charge is 0.507 e. The number of thiazole rings is 1. The summed E-state index contributed by atoms with van der Waals surface area (Å²) in [6.45, 7) is 15.2. The molecule has 4 atom stereocenters. The van der Waals surface area contributed by atoms with Gasteiger partial charge in [0.2, 0.25) is 17.7 Å². The van der Waals surface area contributed by atoms with Crippen molar-refractivity contribution in [3.63, 3.8) is 0 Å². The van der Waals surface area contributed by atoms with E-state index in [1.165, 1.54) is 4.90 Å². The lowest BCUT2D eigenvalue weighted by Gasteiger charge is -2.36. The molecule has 6 N–H and O–H groups in total. The van der Waals surface area contributed by atoms with Gasteiger partial charge in [0.05, 0.1) is 40.1 Å². The fourth-order valence-electron chi connectivity index (χ4n) is 8.28. The molecule has 0 bridgehead atoms. The van der Waals surface area contributed by atoms with E-state index in [9.17, 15) is 24.6 Å². The molecule has 334 valence electrons. The van der Waals surface area contributed by atoms with Crippen LogP contribution in [0.25, 0.3) is 32.8 Å². The van der Waals surface area contributed by atoms with E-state index in [0.29, 0.717) is 23.4 Å². The van der Waals surface area contributed by atoms with E-state index in [-0.39, 0.29) is 54.7 Å². The maximum atomic E-state index is 14.2. The van der Waals surface area contributed by atoms with Crippen LogP contribution in [0.15, 0.2) is 72.5 Å². The number of anilines is 1. The van der Waals surface area contributed by atoms with Crippen LogP contribution in [0.1, 0.15) is 64.3 Å². The summed E-state index contributed by atoms with van der Waals surface area (Å²) in [6, 6.07) is 14.7. The van der Waals surface area contributed by atoms with Crippen LogP contribution in [-0.2, 0) is 20.9 Å². The first kappa shape index (κ1) is 45.3. The predicted octanol–water partition coefficient (Wildman–Crippen LogP) is 4.49. The maximum absolute atomic E-state index is 14.2. The molecule has 2 aliphatic rings. The molecule has 2 aliphatic heterocycles. The second-order valence-corrected chi connectivity index (χ2v) is 18.6. The Kier molecular flexibility index (Phi) is 14.2.